The van der Waals surface area contributed by atoms with Crippen LogP contribution in [0.4, 0.5) is 0 Å². The molecule has 1 aliphatic heterocycles. The predicted molar refractivity (Wildman–Crippen MR) is 80.5 cm³/mol. The summed E-state index contributed by atoms with van der Waals surface area (Å²) in [6.07, 6.45) is 4.31. The van der Waals surface area contributed by atoms with Gasteiger partial charge in [-0.1, -0.05) is 37.3 Å². The molecule has 0 unspecified atom stereocenters. The van der Waals surface area contributed by atoms with Gasteiger partial charge in [-0.2, -0.15) is 0 Å². The molecule has 0 bridgehead atoms. The number of carbonyl (C=O) groups is 1. The molecule has 1 heterocycles. The third kappa shape index (κ3) is 3.83. The first-order valence-electron chi connectivity index (χ1n) is 7.60. The van der Waals surface area contributed by atoms with Crippen LogP contribution in [-0.4, -0.2) is 37.1 Å². The first-order valence-corrected chi connectivity index (χ1v) is 7.60. The van der Waals surface area contributed by atoms with Crippen molar-refractivity contribution in [1.29, 1.82) is 0 Å². The minimum absolute atomic E-state index is 0.177. The summed E-state index contributed by atoms with van der Waals surface area (Å²) in [5, 5.41) is 0. The average molecular weight is 275 g/mol. The Kier molecular flexibility index (Phi) is 5.60. The zero-order chi connectivity index (χ0) is 14.4. The van der Waals surface area contributed by atoms with E-state index in [0.29, 0.717) is 5.91 Å². The van der Waals surface area contributed by atoms with Gasteiger partial charge in [0.2, 0.25) is 5.91 Å². The number of nitrogens with zero attached hydrogens (tertiary/aromatic N) is 1. The van der Waals surface area contributed by atoms with Gasteiger partial charge in [0, 0.05) is 26.1 Å². The monoisotopic (exact) mass is 275 g/mol. The van der Waals surface area contributed by atoms with E-state index in [0.717, 1.165) is 38.8 Å². The first kappa shape index (κ1) is 15.0. The molecular formula is C17H25NO2. The van der Waals surface area contributed by atoms with E-state index in [-0.39, 0.29) is 12.0 Å². The molecule has 1 aromatic carbocycles. The Balaban J connectivity index is 1.73. The molecule has 3 nitrogen and oxygen atoms in total. The summed E-state index contributed by atoms with van der Waals surface area (Å²) in [5.41, 5.74) is 1.36. The van der Waals surface area contributed by atoms with E-state index in [9.17, 15) is 4.79 Å². The van der Waals surface area contributed by atoms with Crippen LogP contribution in [0.1, 0.15) is 31.7 Å². The molecule has 1 amide bonds. The van der Waals surface area contributed by atoms with Crippen LogP contribution >= 0.6 is 0 Å². The van der Waals surface area contributed by atoms with Crippen LogP contribution in [0.2, 0.25) is 0 Å². The fourth-order valence-electron chi connectivity index (χ4n) is 2.72. The van der Waals surface area contributed by atoms with Crippen molar-refractivity contribution in [2.45, 2.75) is 38.7 Å². The summed E-state index contributed by atoms with van der Waals surface area (Å²) >= 11 is 0. The summed E-state index contributed by atoms with van der Waals surface area (Å²) in [5.74, 6) is 0.491. The Hall–Kier alpha value is -1.35. The van der Waals surface area contributed by atoms with Gasteiger partial charge in [0.1, 0.15) is 0 Å². The molecule has 0 N–H and O–H groups in total. The molecule has 1 atom stereocenters. The van der Waals surface area contributed by atoms with Gasteiger partial charge in [0.15, 0.2) is 0 Å². The highest BCUT2D eigenvalue weighted by Gasteiger charge is 2.33. The molecule has 0 spiro atoms. The van der Waals surface area contributed by atoms with Gasteiger partial charge in [-0.3, -0.25) is 4.79 Å². The van der Waals surface area contributed by atoms with Crippen LogP contribution < -0.4 is 0 Å². The largest absolute Gasteiger partial charge is 0.378 e. The van der Waals surface area contributed by atoms with E-state index in [1.54, 1.807) is 7.11 Å². The summed E-state index contributed by atoms with van der Waals surface area (Å²) in [6, 6.07) is 10.5. The molecule has 1 aromatic rings. The SMILES string of the molecule is CC[C@H](CCCc1ccccc1)C(=O)N1CC(OC)C1. The number of rotatable bonds is 7. The number of hydrogen-bond acceptors (Lipinski definition) is 2. The van der Waals surface area contributed by atoms with Crippen LogP contribution in [0.15, 0.2) is 30.3 Å². The number of ether oxygens (including phenoxy) is 1. The van der Waals surface area contributed by atoms with Crippen molar-refractivity contribution in [2.75, 3.05) is 20.2 Å². The van der Waals surface area contributed by atoms with E-state index in [4.69, 9.17) is 4.74 Å². The van der Waals surface area contributed by atoms with E-state index in [1.165, 1.54) is 5.56 Å². The molecule has 1 saturated heterocycles. The molecule has 0 saturated carbocycles. The normalized spacial score (nSPS) is 16.8. The Labute approximate surface area is 121 Å². The van der Waals surface area contributed by atoms with Crippen molar-refractivity contribution in [2.24, 2.45) is 5.92 Å². The van der Waals surface area contributed by atoms with Crippen LogP contribution in [-0.2, 0) is 16.0 Å². The quantitative estimate of drug-likeness (QED) is 0.766. The molecule has 2 rings (SSSR count). The molecular weight excluding hydrogens is 250 g/mol. The van der Waals surface area contributed by atoms with Crippen molar-refractivity contribution >= 4 is 5.91 Å². The van der Waals surface area contributed by atoms with Crippen molar-refractivity contribution in [1.82, 2.24) is 4.90 Å². The lowest BCUT2D eigenvalue weighted by atomic mass is 9.94. The second-order valence-electron chi connectivity index (χ2n) is 5.58. The van der Waals surface area contributed by atoms with E-state index < -0.39 is 0 Å². The Bertz CT molecular complexity index is 412. The maximum absolute atomic E-state index is 12.3. The lowest BCUT2D eigenvalue weighted by Gasteiger charge is -2.40. The van der Waals surface area contributed by atoms with Gasteiger partial charge in [-0.25, -0.2) is 0 Å². The summed E-state index contributed by atoms with van der Waals surface area (Å²) < 4.78 is 5.23. The molecule has 3 heteroatoms. The molecule has 1 fully saturated rings. The Morgan fingerprint density at radius 3 is 2.65 bits per heavy atom. The minimum atomic E-state index is 0.177. The fourth-order valence-corrected chi connectivity index (χ4v) is 2.72. The second kappa shape index (κ2) is 7.44. The number of hydrogen-bond donors (Lipinski definition) is 0. The molecule has 0 aromatic heterocycles. The molecule has 110 valence electrons. The van der Waals surface area contributed by atoms with Gasteiger partial charge in [0.05, 0.1) is 6.10 Å². The highest BCUT2D eigenvalue weighted by atomic mass is 16.5. The number of benzene rings is 1. The zero-order valence-corrected chi connectivity index (χ0v) is 12.5. The average Bonchev–Trinajstić information content (AvgIpc) is 2.43. The standard InChI is InChI=1S/C17H25NO2/c1-3-15(17(19)18-12-16(13-18)20-2)11-7-10-14-8-5-4-6-9-14/h4-6,8-9,15-16H,3,7,10-13H2,1-2H3/t15-/m1/s1. The third-order valence-corrected chi connectivity index (χ3v) is 4.20. The second-order valence-corrected chi connectivity index (χ2v) is 5.58. The van der Waals surface area contributed by atoms with Crippen molar-refractivity contribution in [3.63, 3.8) is 0 Å². The van der Waals surface area contributed by atoms with Gasteiger partial charge in [0.25, 0.3) is 0 Å². The minimum Gasteiger partial charge on any atom is -0.378 e. The number of carbonyl (C=O) groups excluding carboxylic acids is 1. The third-order valence-electron chi connectivity index (χ3n) is 4.20. The van der Waals surface area contributed by atoms with Crippen LogP contribution in [0.25, 0.3) is 0 Å². The maximum Gasteiger partial charge on any atom is 0.225 e. The van der Waals surface area contributed by atoms with E-state index in [1.807, 2.05) is 11.0 Å². The maximum atomic E-state index is 12.3. The van der Waals surface area contributed by atoms with E-state index in [2.05, 4.69) is 31.2 Å². The number of amides is 1. The summed E-state index contributed by atoms with van der Waals surface area (Å²) in [6.45, 7) is 3.65. The van der Waals surface area contributed by atoms with E-state index >= 15 is 0 Å². The van der Waals surface area contributed by atoms with Crippen molar-refractivity contribution < 1.29 is 9.53 Å². The highest BCUT2D eigenvalue weighted by molar-refractivity contribution is 5.79. The van der Waals surface area contributed by atoms with Gasteiger partial charge in [-0.15, -0.1) is 0 Å². The fraction of sp³-hybridized carbons (Fsp3) is 0.588. The van der Waals surface area contributed by atoms with Crippen LogP contribution in [0, 0.1) is 5.92 Å². The molecule has 1 aliphatic rings. The van der Waals surface area contributed by atoms with Crippen LogP contribution in [0.5, 0.6) is 0 Å². The zero-order valence-electron chi connectivity index (χ0n) is 12.5. The van der Waals surface area contributed by atoms with Crippen LogP contribution in [0.3, 0.4) is 0 Å². The smallest absolute Gasteiger partial charge is 0.225 e. The topological polar surface area (TPSA) is 29.5 Å². The molecule has 0 radical (unpaired) electrons. The first-order chi connectivity index (χ1) is 9.74. The Morgan fingerprint density at radius 2 is 2.05 bits per heavy atom. The van der Waals surface area contributed by atoms with Crippen molar-refractivity contribution in [3.05, 3.63) is 35.9 Å². The number of methoxy groups -OCH3 is 1. The summed E-state index contributed by atoms with van der Waals surface area (Å²) in [4.78, 5) is 14.3. The van der Waals surface area contributed by atoms with Gasteiger partial charge in [-0.05, 0) is 31.2 Å². The lowest BCUT2D eigenvalue weighted by Crippen LogP contribution is -2.56. The molecule has 20 heavy (non-hydrogen) atoms. The van der Waals surface area contributed by atoms with Gasteiger partial charge < -0.3 is 9.64 Å². The predicted octanol–water partition coefficient (Wildman–Crippen LogP) is 2.89. The van der Waals surface area contributed by atoms with Crippen molar-refractivity contribution in [3.8, 4) is 0 Å². The van der Waals surface area contributed by atoms with Gasteiger partial charge >= 0.3 is 0 Å². The summed E-state index contributed by atoms with van der Waals surface area (Å²) in [7, 11) is 1.71. The highest BCUT2D eigenvalue weighted by Crippen LogP contribution is 2.21. The molecule has 0 aliphatic carbocycles. The number of likely N-dealkylation sites (tertiary alicyclic amines) is 1. The number of aryl methyl sites for hydroxylation is 1. The Morgan fingerprint density at radius 1 is 1.35 bits per heavy atom. The lowest BCUT2D eigenvalue weighted by molar-refractivity contribution is -0.147.